The summed E-state index contributed by atoms with van der Waals surface area (Å²) in [7, 11) is 0. The summed E-state index contributed by atoms with van der Waals surface area (Å²) in [5, 5.41) is 7.33. The third-order valence-electron chi connectivity index (χ3n) is 5.06. The van der Waals surface area contributed by atoms with Gasteiger partial charge in [-0.3, -0.25) is 9.59 Å². The summed E-state index contributed by atoms with van der Waals surface area (Å²) in [6, 6.07) is 7.01. The molecule has 0 saturated heterocycles. The minimum atomic E-state index is -0.135. The van der Waals surface area contributed by atoms with Gasteiger partial charge in [0.05, 0.1) is 5.69 Å². The second-order valence-corrected chi connectivity index (χ2v) is 7.41. The van der Waals surface area contributed by atoms with Crippen LogP contribution in [0.1, 0.15) is 86.1 Å². The number of nitrogens with one attached hydrogen (secondary N) is 1. The fraction of sp³-hybridized carbons (Fsp3) is 0.522. The van der Waals surface area contributed by atoms with E-state index in [2.05, 4.69) is 17.3 Å². The van der Waals surface area contributed by atoms with Gasteiger partial charge in [0.15, 0.2) is 0 Å². The molecule has 0 aliphatic heterocycles. The fourth-order valence-electron chi connectivity index (χ4n) is 3.41. The van der Waals surface area contributed by atoms with Crippen molar-refractivity contribution >= 4 is 17.5 Å². The number of benzene rings is 1. The number of carbonyl (C=O) groups excluding carboxylic acids is 2. The van der Waals surface area contributed by atoms with E-state index in [0.717, 1.165) is 30.7 Å². The molecule has 28 heavy (non-hydrogen) atoms. The first-order valence-corrected chi connectivity index (χ1v) is 10.5. The van der Waals surface area contributed by atoms with Crippen LogP contribution in [0.5, 0.6) is 0 Å². The number of amides is 1. The zero-order chi connectivity index (χ0) is 20.5. The maximum absolute atomic E-state index is 12.9. The van der Waals surface area contributed by atoms with Crippen molar-refractivity contribution < 1.29 is 9.59 Å². The van der Waals surface area contributed by atoms with Gasteiger partial charge in [0.25, 0.3) is 5.91 Å². The number of unbranched alkanes of at least 4 members (excludes halogenated alkanes) is 4. The molecule has 2 rings (SSSR count). The van der Waals surface area contributed by atoms with E-state index >= 15 is 0 Å². The number of hydrogen-bond donors (Lipinski definition) is 1. The summed E-state index contributed by atoms with van der Waals surface area (Å²) in [5.41, 5.74) is 4.32. The Bertz CT molecular complexity index is 791. The molecule has 5 nitrogen and oxygen atoms in total. The van der Waals surface area contributed by atoms with Gasteiger partial charge >= 0.3 is 0 Å². The molecule has 1 aromatic carbocycles. The van der Waals surface area contributed by atoms with E-state index in [1.54, 1.807) is 24.3 Å². The third kappa shape index (κ3) is 5.78. The Morgan fingerprint density at radius 1 is 0.964 bits per heavy atom. The van der Waals surface area contributed by atoms with Crippen molar-refractivity contribution in [1.29, 1.82) is 0 Å². The number of carbonyl (C=O) groups is 2. The largest absolute Gasteiger partial charge is 0.326 e. The summed E-state index contributed by atoms with van der Waals surface area (Å²) in [6.07, 6.45) is 8.41. The van der Waals surface area contributed by atoms with Crippen LogP contribution in [0.3, 0.4) is 0 Å². The van der Waals surface area contributed by atoms with Crippen LogP contribution in [0, 0.1) is 13.8 Å². The van der Waals surface area contributed by atoms with Crippen molar-refractivity contribution in [2.45, 2.75) is 79.1 Å². The second-order valence-electron chi connectivity index (χ2n) is 7.41. The lowest BCUT2D eigenvalue weighted by atomic mass is 10.0. The average molecular weight is 384 g/mol. The Labute approximate surface area is 168 Å². The fourth-order valence-corrected chi connectivity index (χ4v) is 3.41. The zero-order valence-electron chi connectivity index (χ0n) is 17.7. The van der Waals surface area contributed by atoms with Crippen molar-refractivity contribution in [3.05, 3.63) is 46.8 Å². The average Bonchev–Trinajstić information content (AvgIpc) is 2.96. The number of aromatic nitrogens is 2. The van der Waals surface area contributed by atoms with Gasteiger partial charge in [-0.15, -0.1) is 0 Å². The highest BCUT2D eigenvalue weighted by atomic mass is 16.2. The highest BCUT2D eigenvalue weighted by Crippen LogP contribution is 2.19. The quantitative estimate of drug-likeness (QED) is 0.556. The highest BCUT2D eigenvalue weighted by molar-refractivity contribution is 5.97. The van der Waals surface area contributed by atoms with E-state index in [-0.39, 0.29) is 11.8 Å². The SMILES string of the molecule is CCCCCCCc1c(C)nn(C(=O)c2ccc(NC(=O)CCC)cc2)c1C. The molecule has 0 bridgehead atoms. The first kappa shape index (κ1) is 21.9. The van der Waals surface area contributed by atoms with Crippen molar-refractivity contribution in [3.63, 3.8) is 0 Å². The second kappa shape index (κ2) is 10.8. The molecule has 0 fully saturated rings. The summed E-state index contributed by atoms with van der Waals surface area (Å²) in [4.78, 5) is 24.6. The summed E-state index contributed by atoms with van der Waals surface area (Å²) >= 11 is 0. The molecule has 0 spiro atoms. The number of hydrogen-bond acceptors (Lipinski definition) is 3. The number of rotatable bonds is 10. The Morgan fingerprint density at radius 3 is 2.29 bits per heavy atom. The van der Waals surface area contributed by atoms with Gasteiger partial charge in [-0.2, -0.15) is 5.10 Å². The molecular formula is C23H33N3O2. The van der Waals surface area contributed by atoms with Crippen LogP contribution in [0.2, 0.25) is 0 Å². The molecule has 0 saturated carbocycles. The van der Waals surface area contributed by atoms with Crippen LogP contribution in [-0.2, 0) is 11.2 Å². The van der Waals surface area contributed by atoms with E-state index in [9.17, 15) is 9.59 Å². The van der Waals surface area contributed by atoms with E-state index in [1.165, 1.54) is 35.9 Å². The lowest BCUT2D eigenvalue weighted by Gasteiger charge is -2.07. The molecule has 0 aliphatic carbocycles. The monoisotopic (exact) mass is 383 g/mol. The van der Waals surface area contributed by atoms with Crippen LogP contribution in [-0.4, -0.2) is 21.6 Å². The smallest absolute Gasteiger partial charge is 0.278 e. The molecule has 1 N–H and O–H groups in total. The Hall–Kier alpha value is -2.43. The van der Waals surface area contributed by atoms with Crippen molar-refractivity contribution in [2.24, 2.45) is 0 Å². The van der Waals surface area contributed by atoms with Crippen molar-refractivity contribution in [1.82, 2.24) is 9.78 Å². The topological polar surface area (TPSA) is 64.0 Å². The van der Waals surface area contributed by atoms with E-state index in [4.69, 9.17) is 0 Å². The minimum absolute atomic E-state index is 0.0105. The van der Waals surface area contributed by atoms with E-state index < -0.39 is 0 Å². The number of nitrogens with zero attached hydrogens (tertiary/aromatic N) is 2. The predicted octanol–water partition coefficient (Wildman–Crippen LogP) is 5.44. The van der Waals surface area contributed by atoms with Gasteiger partial charge in [-0.1, -0.05) is 39.5 Å². The normalized spacial score (nSPS) is 10.9. The van der Waals surface area contributed by atoms with Crippen LogP contribution in [0.15, 0.2) is 24.3 Å². The molecule has 1 aromatic heterocycles. The Balaban J connectivity index is 2.05. The van der Waals surface area contributed by atoms with E-state index in [0.29, 0.717) is 17.7 Å². The summed E-state index contributed by atoms with van der Waals surface area (Å²) in [6.45, 7) is 8.13. The third-order valence-corrected chi connectivity index (χ3v) is 5.06. The molecular weight excluding hydrogens is 350 g/mol. The minimum Gasteiger partial charge on any atom is -0.326 e. The van der Waals surface area contributed by atoms with Crippen LogP contribution < -0.4 is 5.32 Å². The van der Waals surface area contributed by atoms with Gasteiger partial charge in [0, 0.05) is 23.4 Å². The molecule has 152 valence electrons. The molecule has 2 aromatic rings. The lowest BCUT2D eigenvalue weighted by molar-refractivity contribution is -0.116. The van der Waals surface area contributed by atoms with Gasteiger partial charge in [0.2, 0.25) is 5.91 Å². The lowest BCUT2D eigenvalue weighted by Crippen LogP contribution is -2.16. The van der Waals surface area contributed by atoms with Gasteiger partial charge in [-0.05, 0) is 62.9 Å². The van der Waals surface area contributed by atoms with Crippen molar-refractivity contribution in [3.8, 4) is 0 Å². The standard InChI is InChI=1S/C23H33N3O2/c1-5-7-8-9-10-12-21-17(3)25-26(18(21)4)23(28)19-13-15-20(16-14-19)24-22(27)11-6-2/h13-16H,5-12H2,1-4H3,(H,24,27). The molecule has 1 heterocycles. The Kier molecular flexibility index (Phi) is 8.42. The maximum Gasteiger partial charge on any atom is 0.278 e. The summed E-state index contributed by atoms with van der Waals surface area (Å²) in [5.74, 6) is -0.145. The molecule has 0 radical (unpaired) electrons. The van der Waals surface area contributed by atoms with Gasteiger partial charge in [0.1, 0.15) is 0 Å². The first-order chi connectivity index (χ1) is 13.5. The first-order valence-electron chi connectivity index (χ1n) is 10.5. The number of anilines is 1. The predicted molar refractivity (Wildman–Crippen MR) is 114 cm³/mol. The van der Waals surface area contributed by atoms with E-state index in [1.807, 2.05) is 20.8 Å². The van der Waals surface area contributed by atoms with Gasteiger partial charge < -0.3 is 5.32 Å². The molecule has 0 unspecified atom stereocenters. The molecule has 5 heteroatoms. The van der Waals surface area contributed by atoms with Crippen LogP contribution in [0.4, 0.5) is 5.69 Å². The van der Waals surface area contributed by atoms with Crippen LogP contribution in [0.25, 0.3) is 0 Å². The highest BCUT2D eigenvalue weighted by Gasteiger charge is 2.17. The zero-order valence-corrected chi connectivity index (χ0v) is 17.7. The van der Waals surface area contributed by atoms with Crippen LogP contribution >= 0.6 is 0 Å². The van der Waals surface area contributed by atoms with Gasteiger partial charge in [-0.25, -0.2) is 4.68 Å². The molecule has 0 atom stereocenters. The Morgan fingerprint density at radius 2 is 1.64 bits per heavy atom. The molecule has 0 aliphatic rings. The summed E-state index contributed by atoms with van der Waals surface area (Å²) < 4.78 is 1.52. The van der Waals surface area contributed by atoms with Crippen molar-refractivity contribution in [2.75, 3.05) is 5.32 Å². The number of aryl methyl sites for hydroxylation is 1. The maximum atomic E-state index is 12.9. The molecule has 1 amide bonds.